The van der Waals surface area contributed by atoms with E-state index in [1.165, 1.54) is 70.6 Å². The number of quaternary nitrogens is 1. The molecule has 2 atom stereocenters. The number of allylic oxidation sites excluding steroid dienone is 8. The van der Waals surface area contributed by atoms with Crippen molar-refractivity contribution >= 4 is 17.9 Å². The number of rotatable bonds is 40. The van der Waals surface area contributed by atoms with Gasteiger partial charge in [0, 0.05) is 12.8 Å². The highest BCUT2D eigenvalue weighted by molar-refractivity contribution is 5.70. The lowest BCUT2D eigenvalue weighted by molar-refractivity contribution is -0.870. The first-order valence-electron chi connectivity index (χ1n) is 22.3. The Morgan fingerprint density at radius 3 is 1.52 bits per heavy atom. The van der Waals surface area contributed by atoms with E-state index in [1.54, 1.807) is 0 Å². The van der Waals surface area contributed by atoms with E-state index in [2.05, 4.69) is 62.5 Å². The molecule has 0 aromatic carbocycles. The zero-order valence-electron chi connectivity index (χ0n) is 36.5. The van der Waals surface area contributed by atoms with Gasteiger partial charge in [0.1, 0.15) is 13.2 Å². The predicted molar refractivity (Wildman–Crippen MR) is 228 cm³/mol. The van der Waals surface area contributed by atoms with Gasteiger partial charge in [-0.25, -0.2) is 0 Å². The predicted octanol–water partition coefficient (Wildman–Crippen LogP) is 10.3. The van der Waals surface area contributed by atoms with Crippen LogP contribution in [0.5, 0.6) is 0 Å². The Morgan fingerprint density at radius 2 is 1.02 bits per heavy atom. The molecule has 0 heterocycles. The van der Waals surface area contributed by atoms with Gasteiger partial charge >= 0.3 is 11.9 Å². The summed E-state index contributed by atoms with van der Waals surface area (Å²) in [5.74, 6) is -2.30. The largest absolute Gasteiger partial charge is 0.545 e. The van der Waals surface area contributed by atoms with Crippen LogP contribution < -0.4 is 5.11 Å². The number of carboxylic acid groups (broad SMARTS) is 1. The van der Waals surface area contributed by atoms with Gasteiger partial charge in [0.05, 0.1) is 40.3 Å². The Hall–Kier alpha value is -2.75. The van der Waals surface area contributed by atoms with Crippen LogP contribution in [0.4, 0.5) is 0 Å². The molecule has 0 spiro atoms. The maximum Gasteiger partial charge on any atom is 0.306 e. The third kappa shape index (κ3) is 39.5. The third-order valence-electron chi connectivity index (χ3n) is 9.34. The number of carbonyl (C=O) groups excluding carboxylic acids is 3. The molecule has 0 saturated heterocycles. The Labute approximate surface area is 342 Å². The Morgan fingerprint density at radius 1 is 0.554 bits per heavy atom. The minimum Gasteiger partial charge on any atom is -0.545 e. The van der Waals surface area contributed by atoms with Crippen LogP contribution in [-0.2, 0) is 33.3 Å². The molecular formula is C47H83NO8. The first kappa shape index (κ1) is 53.2. The maximum absolute atomic E-state index is 12.7. The summed E-state index contributed by atoms with van der Waals surface area (Å²) in [6.07, 6.45) is 41.8. The van der Waals surface area contributed by atoms with Gasteiger partial charge in [-0.1, -0.05) is 159 Å². The summed E-state index contributed by atoms with van der Waals surface area (Å²) in [7, 11) is 5.89. The number of likely N-dealkylation sites (N-methyl/N-ethyl adjacent to an activating group) is 1. The summed E-state index contributed by atoms with van der Waals surface area (Å²) >= 11 is 0. The molecule has 2 unspecified atom stereocenters. The average Bonchev–Trinajstić information content (AvgIpc) is 3.15. The molecule has 0 bridgehead atoms. The van der Waals surface area contributed by atoms with Crippen LogP contribution in [0.2, 0.25) is 0 Å². The molecular weight excluding hydrogens is 707 g/mol. The van der Waals surface area contributed by atoms with Crippen LogP contribution in [-0.4, -0.2) is 82.3 Å². The van der Waals surface area contributed by atoms with Crippen LogP contribution in [0.1, 0.15) is 174 Å². The lowest BCUT2D eigenvalue weighted by atomic mass is 10.0. The molecule has 0 rings (SSSR count). The number of hydrogen-bond acceptors (Lipinski definition) is 8. The Bertz CT molecular complexity index is 1060. The molecule has 0 aliphatic carbocycles. The molecule has 0 aromatic heterocycles. The SMILES string of the molecule is CC/C=C\C/C=C\C/C=C\C/C=C\CCCCCCCCCCCCCCC(=O)OC(COC(=O)CCCCCCCC)COC(OCC[N+](C)(C)C)C(=O)[O-]. The number of nitrogens with zero attached hydrogens (tertiary/aromatic N) is 1. The van der Waals surface area contributed by atoms with Crippen LogP contribution in [0.3, 0.4) is 0 Å². The second-order valence-electron chi connectivity index (χ2n) is 16.0. The van der Waals surface area contributed by atoms with Gasteiger partial charge in [-0.2, -0.15) is 0 Å². The quantitative estimate of drug-likeness (QED) is 0.0198. The minimum atomic E-state index is -1.62. The van der Waals surface area contributed by atoms with Gasteiger partial charge in [0.15, 0.2) is 12.4 Å². The van der Waals surface area contributed by atoms with Gasteiger partial charge in [0.2, 0.25) is 0 Å². The van der Waals surface area contributed by atoms with Gasteiger partial charge in [-0.15, -0.1) is 0 Å². The zero-order valence-corrected chi connectivity index (χ0v) is 36.5. The Kier molecular flexibility index (Phi) is 37.2. The Balaban J connectivity index is 4.18. The molecule has 324 valence electrons. The standard InChI is InChI=1S/C47H83NO8/c1-6-8-10-12-14-15-16-17-18-19-20-21-22-23-24-25-26-27-28-29-30-31-32-34-36-38-45(50)56-43(41-54-44(49)37-35-33-13-11-9-7-2)42-55-47(46(51)52)53-40-39-48(3,4)5/h8,10,14-15,17-18,20-21,43,47H,6-7,9,11-13,16,19,22-42H2,1-5H3/b10-8-,15-14-,18-17-,21-20-. The van der Waals surface area contributed by atoms with E-state index in [4.69, 9.17) is 18.9 Å². The minimum absolute atomic E-state index is 0.147. The van der Waals surface area contributed by atoms with Crippen LogP contribution in [0, 0.1) is 0 Å². The summed E-state index contributed by atoms with van der Waals surface area (Å²) in [6, 6.07) is 0. The highest BCUT2D eigenvalue weighted by Gasteiger charge is 2.21. The maximum atomic E-state index is 12.7. The van der Waals surface area contributed by atoms with Crippen molar-refractivity contribution in [3.8, 4) is 0 Å². The van der Waals surface area contributed by atoms with E-state index >= 15 is 0 Å². The molecule has 0 saturated carbocycles. The molecule has 9 nitrogen and oxygen atoms in total. The summed E-state index contributed by atoms with van der Waals surface area (Å²) in [4.78, 5) is 36.7. The highest BCUT2D eigenvalue weighted by Crippen LogP contribution is 2.14. The third-order valence-corrected chi connectivity index (χ3v) is 9.34. The van der Waals surface area contributed by atoms with Gasteiger partial charge in [-0.05, 0) is 51.4 Å². The van der Waals surface area contributed by atoms with E-state index in [9.17, 15) is 19.5 Å². The van der Waals surface area contributed by atoms with Crippen molar-refractivity contribution in [3.05, 3.63) is 48.6 Å². The fraction of sp³-hybridized carbons (Fsp3) is 0.766. The van der Waals surface area contributed by atoms with Gasteiger partial charge < -0.3 is 33.3 Å². The molecule has 0 amide bonds. The van der Waals surface area contributed by atoms with E-state index in [0.29, 0.717) is 17.4 Å². The van der Waals surface area contributed by atoms with E-state index in [1.807, 2.05) is 21.1 Å². The summed E-state index contributed by atoms with van der Waals surface area (Å²) in [5, 5.41) is 11.6. The lowest BCUT2D eigenvalue weighted by Gasteiger charge is -2.26. The summed E-state index contributed by atoms with van der Waals surface area (Å²) in [6.45, 7) is 4.55. The molecule has 56 heavy (non-hydrogen) atoms. The second-order valence-corrected chi connectivity index (χ2v) is 16.0. The van der Waals surface area contributed by atoms with Crippen molar-refractivity contribution in [2.75, 3.05) is 47.5 Å². The fourth-order valence-electron chi connectivity index (χ4n) is 5.88. The number of esters is 2. The number of ether oxygens (including phenoxy) is 4. The van der Waals surface area contributed by atoms with Crippen molar-refractivity contribution in [1.82, 2.24) is 0 Å². The normalized spacial score (nSPS) is 13.4. The first-order chi connectivity index (χ1) is 27.1. The van der Waals surface area contributed by atoms with Crippen molar-refractivity contribution < 1.29 is 42.9 Å². The summed E-state index contributed by atoms with van der Waals surface area (Å²) in [5.41, 5.74) is 0. The summed E-state index contributed by atoms with van der Waals surface area (Å²) < 4.78 is 22.4. The number of carboxylic acids is 1. The number of carbonyl (C=O) groups is 3. The van der Waals surface area contributed by atoms with Crippen LogP contribution in [0.25, 0.3) is 0 Å². The molecule has 0 aromatic rings. The van der Waals surface area contributed by atoms with Crippen molar-refractivity contribution in [3.63, 3.8) is 0 Å². The van der Waals surface area contributed by atoms with Crippen molar-refractivity contribution in [2.24, 2.45) is 0 Å². The molecule has 0 fully saturated rings. The van der Waals surface area contributed by atoms with Gasteiger partial charge in [0.25, 0.3) is 0 Å². The zero-order chi connectivity index (χ0) is 41.4. The number of aliphatic carboxylic acids is 1. The fourth-order valence-corrected chi connectivity index (χ4v) is 5.88. The van der Waals surface area contributed by atoms with E-state index in [-0.39, 0.29) is 38.6 Å². The molecule has 0 N–H and O–H groups in total. The lowest BCUT2D eigenvalue weighted by Crippen LogP contribution is -2.44. The first-order valence-corrected chi connectivity index (χ1v) is 22.3. The highest BCUT2D eigenvalue weighted by atomic mass is 16.7. The van der Waals surface area contributed by atoms with E-state index in [0.717, 1.165) is 70.6 Å². The van der Waals surface area contributed by atoms with Crippen molar-refractivity contribution in [1.29, 1.82) is 0 Å². The molecule has 9 heteroatoms. The van der Waals surface area contributed by atoms with Crippen LogP contribution >= 0.6 is 0 Å². The number of unbranched alkanes of at least 4 members (excludes halogenated alkanes) is 17. The monoisotopic (exact) mass is 790 g/mol. The topological polar surface area (TPSA) is 111 Å². The molecule has 0 radical (unpaired) electrons. The second kappa shape index (κ2) is 39.1. The van der Waals surface area contributed by atoms with Crippen LogP contribution in [0.15, 0.2) is 48.6 Å². The van der Waals surface area contributed by atoms with Gasteiger partial charge in [-0.3, -0.25) is 9.59 Å². The molecule has 0 aliphatic rings. The number of hydrogen-bond donors (Lipinski definition) is 0. The van der Waals surface area contributed by atoms with Crippen molar-refractivity contribution in [2.45, 2.75) is 187 Å². The van der Waals surface area contributed by atoms with E-state index < -0.39 is 24.3 Å². The average molecular weight is 790 g/mol. The molecule has 0 aliphatic heterocycles. The smallest absolute Gasteiger partial charge is 0.306 e.